The van der Waals surface area contributed by atoms with E-state index in [1.165, 1.54) is 24.3 Å². The summed E-state index contributed by atoms with van der Waals surface area (Å²) in [6.45, 7) is 0. The predicted molar refractivity (Wildman–Crippen MR) is 147 cm³/mol. The van der Waals surface area contributed by atoms with Crippen molar-refractivity contribution in [3.63, 3.8) is 0 Å². The number of hydrogen-bond acceptors (Lipinski definition) is 6. The van der Waals surface area contributed by atoms with Gasteiger partial charge in [0.05, 0.1) is 11.1 Å². The first kappa shape index (κ1) is 28.7. The van der Waals surface area contributed by atoms with Crippen LogP contribution in [0, 0.1) is 34.3 Å². The van der Waals surface area contributed by atoms with E-state index in [0.29, 0.717) is 41.9 Å². The highest BCUT2D eigenvalue weighted by atomic mass is 19.1. The van der Waals surface area contributed by atoms with Crippen molar-refractivity contribution >= 4 is 11.9 Å². The van der Waals surface area contributed by atoms with E-state index in [9.17, 15) is 18.4 Å². The van der Waals surface area contributed by atoms with Gasteiger partial charge in [0.2, 0.25) is 0 Å². The van der Waals surface area contributed by atoms with Crippen LogP contribution < -0.4 is 9.47 Å². The lowest BCUT2D eigenvalue weighted by Gasteiger charge is -2.07. The molecule has 0 radical (unpaired) electrons. The molecule has 0 atom stereocenters. The van der Waals surface area contributed by atoms with Gasteiger partial charge in [-0.05, 0) is 83.6 Å². The summed E-state index contributed by atoms with van der Waals surface area (Å²) < 4.78 is 38.4. The van der Waals surface area contributed by atoms with Crippen molar-refractivity contribution in [1.82, 2.24) is 0 Å². The van der Waals surface area contributed by atoms with Crippen molar-refractivity contribution in [2.45, 2.75) is 32.1 Å². The minimum atomic E-state index is -0.595. The molecule has 0 saturated carbocycles. The third-order valence-electron chi connectivity index (χ3n) is 6.28. The predicted octanol–water partition coefficient (Wildman–Crippen LogP) is 7.50. The molecule has 4 rings (SSSR count). The van der Waals surface area contributed by atoms with Crippen molar-refractivity contribution < 1.29 is 27.8 Å². The largest absolute Gasteiger partial charge is 0.427 e. The normalized spacial score (nSPS) is 10.3. The number of benzene rings is 4. The molecule has 6 nitrogen and oxygen atoms in total. The molecule has 8 heteroatoms. The highest BCUT2D eigenvalue weighted by Crippen LogP contribution is 2.26. The second-order valence-corrected chi connectivity index (χ2v) is 9.17. The zero-order valence-corrected chi connectivity index (χ0v) is 21.9. The van der Waals surface area contributed by atoms with Gasteiger partial charge in [-0.3, -0.25) is 9.59 Å². The Balaban J connectivity index is 1.15. The van der Waals surface area contributed by atoms with Crippen LogP contribution in [0.4, 0.5) is 8.78 Å². The fourth-order valence-electron chi connectivity index (χ4n) is 4.08. The SMILES string of the molecule is N#Cc1ccc(-c2ccc(OC(=O)CCCCCC(=O)Oc3ccc(-c4ccc(C#N)c(F)c4)cc3)cc2)cc1F. The molecule has 41 heavy (non-hydrogen) atoms. The van der Waals surface area contributed by atoms with Crippen molar-refractivity contribution in [1.29, 1.82) is 10.5 Å². The topological polar surface area (TPSA) is 100 Å². The van der Waals surface area contributed by atoms with Gasteiger partial charge in [-0.1, -0.05) is 42.8 Å². The molecule has 0 bridgehead atoms. The van der Waals surface area contributed by atoms with Gasteiger partial charge in [-0.15, -0.1) is 0 Å². The van der Waals surface area contributed by atoms with Crippen molar-refractivity contribution in [3.8, 4) is 45.9 Å². The summed E-state index contributed by atoms with van der Waals surface area (Å²) in [4.78, 5) is 24.3. The highest BCUT2D eigenvalue weighted by molar-refractivity contribution is 5.74. The maximum atomic E-state index is 13.9. The van der Waals surface area contributed by atoms with E-state index in [1.54, 1.807) is 72.8 Å². The van der Waals surface area contributed by atoms with Gasteiger partial charge in [-0.25, -0.2) is 8.78 Å². The number of halogens is 2. The molecule has 0 aliphatic rings. The van der Waals surface area contributed by atoms with Gasteiger partial charge >= 0.3 is 11.9 Å². The van der Waals surface area contributed by atoms with Crippen LogP contribution in [0.15, 0.2) is 84.9 Å². The number of nitrogens with zero attached hydrogens (tertiary/aromatic N) is 2. The molecule has 0 saturated heterocycles. The Morgan fingerprint density at radius 1 is 0.561 bits per heavy atom. The van der Waals surface area contributed by atoms with Crippen molar-refractivity contribution in [3.05, 3.63) is 108 Å². The Kier molecular flexibility index (Phi) is 9.53. The molecule has 0 amide bonds. The Morgan fingerprint density at radius 2 is 0.927 bits per heavy atom. The van der Waals surface area contributed by atoms with Gasteiger partial charge in [-0.2, -0.15) is 10.5 Å². The fourth-order valence-corrected chi connectivity index (χ4v) is 4.08. The molecule has 0 spiro atoms. The first-order valence-electron chi connectivity index (χ1n) is 12.9. The Labute approximate surface area is 236 Å². The van der Waals surface area contributed by atoms with Gasteiger partial charge < -0.3 is 9.47 Å². The van der Waals surface area contributed by atoms with Gasteiger partial charge in [0, 0.05) is 12.8 Å². The Bertz CT molecular complexity index is 1510. The van der Waals surface area contributed by atoms with E-state index in [4.69, 9.17) is 20.0 Å². The Morgan fingerprint density at radius 3 is 1.27 bits per heavy atom. The smallest absolute Gasteiger partial charge is 0.311 e. The van der Waals surface area contributed by atoms with E-state index < -0.39 is 23.6 Å². The van der Waals surface area contributed by atoms with Crippen LogP contribution in [0.5, 0.6) is 11.5 Å². The number of carbonyl (C=O) groups is 2. The number of rotatable bonds is 10. The lowest BCUT2D eigenvalue weighted by atomic mass is 10.0. The first-order valence-corrected chi connectivity index (χ1v) is 12.9. The molecule has 0 fully saturated rings. The second-order valence-electron chi connectivity index (χ2n) is 9.17. The average Bonchev–Trinajstić information content (AvgIpc) is 2.97. The summed E-state index contributed by atoms with van der Waals surface area (Å²) in [7, 11) is 0. The molecular weight excluding hydrogens is 526 g/mol. The van der Waals surface area contributed by atoms with Crippen molar-refractivity contribution in [2.75, 3.05) is 0 Å². The molecule has 0 N–H and O–H groups in total. The van der Waals surface area contributed by atoms with E-state index in [0.717, 1.165) is 11.1 Å². The van der Waals surface area contributed by atoms with Crippen LogP contribution in [0.25, 0.3) is 22.3 Å². The van der Waals surface area contributed by atoms with Gasteiger partial charge in [0.1, 0.15) is 35.3 Å². The maximum absolute atomic E-state index is 13.9. The first-order chi connectivity index (χ1) is 19.9. The molecule has 4 aromatic carbocycles. The standard InChI is InChI=1S/C33H24F2N2O4/c34-30-18-24(6-8-26(30)20-36)22-10-14-28(15-11-22)40-32(38)4-2-1-3-5-33(39)41-29-16-12-23(13-17-29)25-7-9-27(21-37)31(35)19-25/h6-19H,1-5H2. The highest BCUT2D eigenvalue weighted by Gasteiger charge is 2.10. The molecule has 0 aromatic heterocycles. The molecule has 0 aliphatic carbocycles. The molecule has 4 aromatic rings. The van der Waals surface area contributed by atoms with Crippen LogP contribution in [-0.4, -0.2) is 11.9 Å². The monoisotopic (exact) mass is 550 g/mol. The number of nitriles is 2. The second kappa shape index (κ2) is 13.6. The van der Waals surface area contributed by atoms with Crippen LogP contribution in [0.3, 0.4) is 0 Å². The third kappa shape index (κ3) is 7.84. The van der Waals surface area contributed by atoms with Gasteiger partial charge in [0.25, 0.3) is 0 Å². The van der Waals surface area contributed by atoms with Crippen molar-refractivity contribution in [2.24, 2.45) is 0 Å². The van der Waals surface area contributed by atoms with Crippen LogP contribution in [-0.2, 0) is 9.59 Å². The number of carbonyl (C=O) groups excluding carboxylic acids is 2. The average molecular weight is 551 g/mol. The molecule has 0 unspecified atom stereocenters. The minimum absolute atomic E-state index is 0.0254. The zero-order chi connectivity index (χ0) is 29.2. The number of esters is 2. The summed E-state index contributed by atoms with van der Waals surface area (Å²) in [6, 6.07) is 25.6. The summed E-state index contributed by atoms with van der Waals surface area (Å²) in [6.07, 6.45) is 2.11. The molecule has 0 aliphatic heterocycles. The summed E-state index contributed by atoms with van der Waals surface area (Å²) in [5.41, 5.74) is 2.60. The molecule has 0 heterocycles. The fraction of sp³-hybridized carbons (Fsp3) is 0.152. The maximum Gasteiger partial charge on any atom is 0.311 e. The van der Waals surface area contributed by atoms with Crippen LogP contribution >= 0.6 is 0 Å². The number of hydrogen-bond donors (Lipinski definition) is 0. The molecular formula is C33H24F2N2O4. The lowest BCUT2D eigenvalue weighted by Crippen LogP contribution is -2.09. The van der Waals surface area contributed by atoms with Crippen LogP contribution in [0.1, 0.15) is 43.2 Å². The number of unbranched alkanes of at least 4 members (excludes halogenated alkanes) is 2. The summed E-state index contributed by atoms with van der Waals surface area (Å²) in [5.74, 6) is -1.25. The third-order valence-corrected chi connectivity index (χ3v) is 6.28. The summed E-state index contributed by atoms with van der Waals surface area (Å²) >= 11 is 0. The summed E-state index contributed by atoms with van der Waals surface area (Å²) in [5, 5.41) is 17.7. The lowest BCUT2D eigenvalue weighted by molar-refractivity contribution is -0.134. The number of ether oxygens (including phenoxy) is 2. The Hall–Kier alpha value is -5.34. The van der Waals surface area contributed by atoms with E-state index in [1.807, 2.05) is 0 Å². The van der Waals surface area contributed by atoms with Gasteiger partial charge in [0.15, 0.2) is 0 Å². The zero-order valence-electron chi connectivity index (χ0n) is 21.9. The van der Waals surface area contributed by atoms with E-state index in [2.05, 4.69) is 0 Å². The molecule has 204 valence electrons. The van der Waals surface area contributed by atoms with Crippen LogP contribution in [0.2, 0.25) is 0 Å². The van der Waals surface area contributed by atoms with E-state index in [-0.39, 0.29) is 24.0 Å². The minimum Gasteiger partial charge on any atom is -0.427 e. The quantitative estimate of drug-likeness (QED) is 0.115. The van der Waals surface area contributed by atoms with E-state index >= 15 is 0 Å².